The third-order valence-corrected chi connectivity index (χ3v) is 4.17. The third kappa shape index (κ3) is 5.31. The van der Waals surface area contributed by atoms with Crippen molar-refractivity contribution in [3.8, 4) is 0 Å². The fourth-order valence-electron chi connectivity index (χ4n) is 2.76. The molecular formula is C21H29N3O. The zero-order valence-electron chi connectivity index (χ0n) is 15.7. The van der Waals surface area contributed by atoms with Crippen LogP contribution in [-0.2, 0) is 0 Å². The van der Waals surface area contributed by atoms with E-state index in [4.69, 9.17) is 0 Å². The van der Waals surface area contributed by atoms with Crippen LogP contribution in [0.5, 0.6) is 0 Å². The summed E-state index contributed by atoms with van der Waals surface area (Å²) >= 11 is 0. The van der Waals surface area contributed by atoms with Gasteiger partial charge in [-0.3, -0.25) is 4.79 Å². The number of carbonyl (C=O) groups excluding carboxylic acids is 1. The number of hydrogen-bond acceptors (Lipinski definition) is 3. The number of aromatic nitrogens is 1. The molecule has 2 rings (SSSR count). The first-order valence-corrected chi connectivity index (χ1v) is 9.17. The molecule has 134 valence electrons. The Balaban J connectivity index is 2.04. The quantitative estimate of drug-likeness (QED) is 0.729. The topological polar surface area (TPSA) is 45.2 Å². The van der Waals surface area contributed by atoms with Crippen LogP contribution in [0.3, 0.4) is 0 Å². The van der Waals surface area contributed by atoms with Crippen molar-refractivity contribution in [3.63, 3.8) is 0 Å². The Kier molecular flexibility index (Phi) is 6.99. The van der Waals surface area contributed by atoms with Gasteiger partial charge in [-0.05, 0) is 48.6 Å². The van der Waals surface area contributed by atoms with Gasteiger partial charge in [-0.1, -0.05) is 39.8 Å². The highest BCUT2D eigenvalue weighted by molar-refractivity contribution is 6.02. The van der Waals surface area contributed by atoms with Gasteiger partial charge in [0.15, 0.2) is 0 Å². The molecule has 0 aliphatic heterocycles. The maximum Gasteiger partial charge on any atom is 0.274 e. The van der Waals surface area contributed by atoms with Crippen molar-refractivity contribution >= 4 is 17.3 Å². The maximum atomic E-state index is 12.4. The zero-order valence-corrected chi connectivity index (χ0v) is 15.7. The Labute approximate surface area is 151 Å². The van der Waals surface area contributed by atoms with Crippen LogP contribution in [0.1, 0.15) is 62.5 Å². The standard InChI is InChI=1S/C21H29N3O/c1-5-13-24(14-6-2)19-11-12-20(22-15-19)21(25)23-18-9-7-17(8-10-18)16(3)4/h7-12,15-16H,5-6,13-14H2,1-4H3,(H,23,25). The van der Waals surface area contributed by atoms with E-state index < -0.39 is 0 Å². The zero-order chi connectivity index (χ0) is 18.2. The molecule has 1 amide bonds. The summed E-state index contributed by atoms with van der Waals surface area (Å²) in [4.78, 5) is 19.0. The van der Waals surface area contributed by atoms with Crippen LogP contribution in [0.15, 0.2) is 42.6 Å². The maximum absolute atomic E-state index is 12.4. The van der Waals surface area contributed by atoms with Gasteiger partial charge in [0, 0.05) is 18.8 Å². The van der Waals surface area contributed by atoms with E-state index in [1.807, 2.05) is 30.3 Å². The van der Waals surface area contributed by atoms with Gasteiger partial charge in [0.2, 0.25) is 0 Å². The van der Waals surface area contributed by atoms with Crippen LogP contribution in [0.4, 0.5) is 11.4 Å². The first kappa shape index (κ1) is 19.0. The van der Waals surface area contributed by atoms with Gasteiger partial charge in [0.25, 0.3) is 5.91 Å². The Morgan fingerprint density at radius 1 is 1.04 bits per heavy atom. The molecule has 0 spiro atoms. The molecule has 1 aromatic carbocycles. The summed E-state index contributed by atoms with van der Waals surface area (Å²) in [5.74, 6) is 0.300. The molecule has 0 aliphatic rings. The number of anilines is 2. The molecule has 25 heavy (non-hydrogen) atoms. The largest absolute Gasteiger partial charge is 0.370 e. The van der Waals surface area contributed by atoms with Gasteiger partial charge in [-0.2, -0.15) is 0 Å². The van der Waals surface area contributed by atoms with Crippen LogP contribution in [0.2, 0.25) is 0 Å². The molecule has 0 saturated heterocycles. The summed E-state index contributed by atoms with van der Waals surface area (Å²) < 4.78 is 0. The smallest absolute Gasteiger partial charge is 0.274 e. The molecule has 0 unspecified atom stereocenters. The lowest BCUT2D eigenvalue weighted by atomic mass is 10.0. The van der Waals surface area contributed by atoms with Gasteiger partial charge < -0.3 is 10.2 Å². The minimum absolute atomic E-state index is 0.179. The normalized spacial score (nSPS) is 10.8. The van der Waals surface area contributed by atoms with Crippen molar-refractivity contribution in [1.82, 2.24) is 4.98 Å². The van der Waals surface area contributed by atoms with Crippen molar-refractivity contribution in [3.05, 3.63) is 53.9 Å². The van der Waals surface area contributed by atoms with Gasteiger partial charge in [-0.15, -0.1) is 0 Å². The van der Waals surface area contributed by atoms with E-state index in [0.717, 1.165) is 37.3 Å². The Morgan fingerprint density at radius 2 is 1.68 bits per heavy atom. The highest BCUT2D eigenvalue weighted by Gasteiger charge is 2.10. The van der Waals surface area contributed by atoms with Gasteiger partial charge in [-0.25, -0.2) is 4.98 Å². The summed E-state index contributed by atoms with van der Waals surface area (Å²) in [6.45, 7) is 10.6. The summed E-state index contributed by atoms with van der Waals surface area (Å²) in [6, 6.07) is 11.7. The van der Waals surface area contributed by atoms with Gasteiger partial charge >= 0.3 is 0 Å². The number of amides is 1. The predicted octanol–water partition coefficient (Wildman–Crippen LogP) is 5.08. The molecule has 0 saturated carbocycles. The van der Waals surface area contributed by atoms with E-state index in [1.54, 1.807) is 12.3 Å². The second-order valence-corrected chi connectivity index (χ2v) is 6.62. The lowest BCUT2D eigenvalue weighted by Gasteiger charge is -2.23. The highest BCUT2D eigenvalue weighted by Crippen LogP contribution is 2.18. The number of rotatable bonds is 8. The van der Waals surface area contributed by atoms with Gasteiger partial charge in [0.05, 0.1) is 11.9 Å². The van der Waals surface area contributed by atoms with Gasteiger partial charge in [0.1, 0.15) is 5.69 Å². The number of hydrogen-bond donors (Lipinski definition) is 1. The molecule has 1 heterocycles. The summed E-state index contributed by atoms with van der Waals surface area (Å²) in [6.07, 6.45) is 3.98. The molecule has 0 atom stereocenters. The molecule has 4 heteroatoms. The lowest BCUT2D eigenvalue weighted by molar-refractivity contribution is 0.102. The third-order valence-electron chi connectivity index (χ3n) is 4.17. The van der Waals surface area contributed by atoms with E-state index >= 15 is 0 Å². The number of carbonyl (C=O) groups is 1. The lowest BCUT2D eigenvalue weighted by Crippen LogP contribution is -2.25. The fourth-order valence-corrected chi connectivity index (χ4v) is 2.76. The Hall–Kier alpha value is -2.36. The highest BCUT2D eigenvalue weighted by atomic mass is 16.1. The molecule has 4 nitrogen and oxygen atoms in total. The minimum atomic E-state index is -0.179. The number of pyridine rings is 1. The summed E-state index contributed by atoms with van der Waals surface area (Å²) in [5, 5.41) is 2.91. The average molecular weight is 339 g/mol. The van der Waals surface area contributed by atoms with Crippen molar-refractivity contribution in [2.75, 3.05) is 23.3 Å². The Bertz CT molecular complexity index is 657. The summed E-state index contributed by atoms with van der Waals surface area (Å²) in [7, 11) is 0. The number of nitrogens with zero attached hydrogens (tertiary/aromatic N) is 2. The van der Waals surface area contributed by atoms with Crippen molar-refractivity contribution in [2.45, 2.75) is 46.5 Å². The second kappa shape index (κ2) is 9.21. The van der Waals surface area contributed by atoms with E-state index in [9.17, 15) is 4.79 Å². The molecule has 0 radical (unpaired) electrons. The first-order valence-electron chi connectivity index (χ1n) is 9.17. The monoisotopic (exact) mass is 339 g/mol. The van der Waals surface area contributed by atoms with Crippen LogP contribution in [-0.4, -0.2) is 24.0 Å². The molecule has 0 fully saturated rings. The SMILES string of the molecule is CCCN(CCC)c1ccc(C(=O)Nc2ccc(C(C)C)cc2)nc1. The van der Waals surface area contributed by atoms with Crippen molar-refractivity contribution in [1.29, 1.82) is 0 Å². The average Bonchev–Trinajstić information content (AvgIpc) is 2.62. The molecular weight excluding hydrogens is 310 g/mol. The van der Waals surface area contributed by atoms with Crippen molar-refractivity contribution in [2.24, 2.45) is 0 Å². The molecule has 2 aromatic rings. The van der Waals surface area contributed by atoms with Crippen molar-refractivity contribution < 1.29 is 4.79 Å². The Morgan fingerprint density at radius 3 is 2.16 bits per heavy atom. The number of benzene rings is 1. The van der Waals surface area contributed by atoms with E-state index in [-0.39, 0.29) is 5.91 Å². The molecule has 0 bridgehead atoms. The summed E-state index contributed by atoms with van der Waals surface area (Å²) in [5.41, 5.74) is 3.55. The second-order valence-electron chi connectivity index (χ2n) is 6.62. The molecule has 1 aromatic heterocycles. The van der Waals surface area contributed by atoms with Crippen LogP contribution < -0.4 is 10.2 Å². The van der Waals surface area contributed by atoms with Crippen LogP contribution in [0, 0.1) is 0 Å². The fraction of sp³-hybridized carbons (Fsp3) is 0.429. The number of nitrogens with one attached hydrogen (secondary N) is 1. The van der Waals surface area contributed by atoms with E-state index in [1.165, 1.54) is 5.56 Å². The van der Waals surface area contributed by atoms with Crippen LogP contribution in [0.25, 0.3) is 0 Å². The molecule has 1 N–H and O–H groups in total. The predicted molar refractivity (Wildman–Crippen MR) is 106 cm³/mol. The first-order chi connectivity index (χ1) is 12.0. The van der Waals surface area contributed by atoms with E-state index in [0.29, 0.717) is 11.6 Å². The molecule has 0 aliphatic carbocycles. The minimum Gasteiger partial charge on any atom is -0.370 e. The van der Waals surface area contributed by atoms with E-state index in [2.05, 4.69) is 42.9 Å². The van der Waals surface area contributed by atoms with Crippen LogP contribution >= 0.6 is 0 Å².